The van der Waals surface area contributed by atoms with E-state index in [1.54, 1.807) is 19.5 Å². The average Bonchev–Trinajstić information content (AvgIpc) is 3.15. The van der Waals surface area contributed by atoms with Crippen molar-refractivity contribution in [3.8, 4) is 22.3 Å². The van der Waals surface area contributed by atoms with E-state index in [1.807, 2.05) is 53.7 Å². The van der Waals surface area contributed by atoms with Crippen molar-refractivity contribution in [3.05, 3.63) is 66.7 Å². The lowest BCUT2D eigenvalue weighted by Gasteiger charge is -2.17. The zero-order valence-corrected chi connectivity index (χ0v) is 15.3. The molecule has 1 amide bonds. The number of carbonyl (C=O) groups is 1. The molecule has 0 N–H and O–H groups in total. The Labute approximate surface area is 158 Å². The summed E-state index contributed by atoms with van der Waals surface area (Å²) in [6.07, 6.45) is 8.86. The summed E-state index contributed by atoms with van der Waals surface area (Å²) in [5.74, 6) is 0.198. The lowest BCUT2D eigenvalue weighted by molar-refractivity contribution is -0.117. The largest absolute Gasteiger partial charge is 0.380 e. The molecule has 0 saturated carbocycles. The summed E-state index contributed by atoms with van der Waals surface area (Å²) >= 11 is 0. The Kier molecular flexibility index (Phi) is 4.94. The first kappa shape index (κ1) is 17.4. The third-order valence-electron chi connectivity index (χ3n) is 4.90. The molecular formula is C22H21N3O2. The van der Waals surface area contributed by atoms with Gasteiger partial charge in [-0.15, -0.1) is 0 Å². The monoisotopic (exact) mass is 359 g/mol. The number of benzene rings is 1. The number of carbonyl (C=O) groups excluding carboxylic acids is 1. The summed E-state index contributed by atoms with van der Waals surface area (Å²) < 4.78 is 5.47. The maximum atomic E-state index is 12.0. The Morgan fingerprint density at radius 3 is 2.22 bits per heavy atom. The summed E-state index contributed by atoms with van der Waals surface area (Å²) in [6, 6.07) is 12.1. The molecule has 27 heavy (non-hydrogen) atoms. The van der Waals surface area contributed by atoms with Gasteiger partial charge < -0.3 is 9.64 Å². The van der Waals surface area contributed by atoms with E-state index in [4.69, 9.17) is 4.74 Å². The first-order chi connectivity index (χ1) is 13.3. The van der Waals surface area contributed by atoms with Crippen LogP contribution in [0.1, 0.15) is 18.4 Å². The normalized spacial score (nSPS) is 14.0. The van der Waals surface area contributed by atoms with Crippen molar-refractivity contribution in [1.82, 2.24) is 9.97 Å². The molecule has 0 unspecified atom stereocenters. The molecule has 0 spiro atoms. The standard InChI is InChI=1S/C22H21N3O2/c1-27-15-21-19(13-24-14-20(21)17-8-10-23-11-9-17)16-4-6-18(7-5-16)25-12-2-3-22(25)26/h4-11,13-14H,2-3,12,15H2,1H3. The van der Waals surface area contributed by atoms with Crippen LogP contribution in [0.15, 0.2) is 61.2 Å². The highest BCUT2D eigenvalue weighted by atomic mass is 16.5. The summed E-state index contributed by atoms with van der Waals surface area (Å²) in [4.78, 5) is 22.4. The average molecular weight is 359 g/mol. The van der Waals surface area contributed by atoms with Gasteiger partial charge in [0.05, 0.1) is 6.61 Å². The minimum Gasteiger partial charge on any atom is -0.380 e. The van der Waals surface area contributed by atoms with Crippen molar-refractivity contribution in [1.29, 1.82) is 0 Å². The first-order valence-corrected chi connectivity index (χ1v) is 9.05. The lowest BCUT2D eigenvalue weighted by atomic mass is 9.95. The molecule has 1 aliphatic rings. The summed E-state index contributed by atoms with van der Waals surface area (Å²) in [5, 5.41) is 0. The molecular weight excluding hydrogens is 338 g/mol. The Morgan fingerprint density at radius 2 is 1.63 bits per heavy atom. The van der Waals surface area contributed by atoms with Crippen molar-refractivity contribution >= 4 is 11.6 Å². The maximum Gasteiger partial charge on any atom is 0.227 e. The van der Waals surface area contributed by atoms with Gasteiger partial charge in [-0.2, -0.15) is 0 Å². The molecule has 1 saturated heterocycles. The van der Waals surface area contributed by atoms with E-state index in [2.05, 4.69) is 9.97 Å². The second kappa shape index (κ2) is 7.68. The predicted octanol–water partition coefficient (Wildman–Crippen LogP) is 4.08. The van der Waals surface area contributed by atoms with Gasteiger partial charge in [-0.3, -0.25) is 14.8 Å². The molecule has 3 aromatic rings. The smallest absolute Gasteiger partial charge is 0.227 e. The van der Waals surface area contributed by atoms with Crippen molar-refractivity contribution in [2.45, 2.75) is 19.4 Å². The third-order valence-corrected chi connectivity index (χ3v) is 4.90. The second-order valence-corrected chi connectivity index (χ2v) is 6.58. The predicted molar refractivity (Wildman–Crippen MR) is 105 cm³/mol. The number of pyridine rings is 2. The Balaban J connectivity index is 1.74. The van der Waals surface area contributed by atoms with Gasteiger partial charge in [0.25, 0.3) is 0 Å². The van der Waals surface area contributed by atoms with E-state index in [9.17, 15) is 4.79 Å². The molecule has 0 aliphatic carbocycles. The van der Waals surface area contributed by atoms with E-state index in [1.165, 1.54) is 0 Å². The Bertz CT molecular complexity index is 940. The van der Waals surface area contributed by atoms with Crippen LogP contribution in [0.2, 0.25) is 0 Å². The maximum absolute atomic E-state index is 12.0. The van der Waals surface area contributed by atoms with Crippen LogP contribution in [0.3, 0.4) is 0 Å². The molecule has 1 aromatic carbocycles. The minimum absolute atomic E-state index is 0.198. The van der Waals surface area contributed by atoms with Gasteiger partial charge in [-0.1, -0.05) is 12.1 Å². The number of amides is 1. The SMILES string of the molecule is COCc1c(-c2ccncc2)cncc1-c1ccc(N2CCCC2=O)cc1. The summed E-state index contributed by atoms with van der Waals surface area (Å²) in [5.41, 5.74) is 6.23. The van der Waals surface area contributed by atoms with Crippen LogP contribution >= 0.6 is 0 Å². The zero-order valence-electron chi connectivity index (χ0n) is 15.3. The molecule has 136 valence electrons. The fraction of sp³-hybridized carbons (Fsp3) is 0.227. The highest BCUT2D eigenvalue weighted by Gasteiger charge is 2.21. The van der Waals surface area contributed by atoms with Crippen LogP contribution < -0.4 is 4.90 Å². The zero-order chi connectivity index (χ0) is 18.6. The summed E-state index contributed by atoms with van der Waals surface area (Å²) in [6.45, 7) is 1.29. The van der Waals surface area contributed by atoms with E-state index in [-0.39, 0.29) is 5.91 Å². The van der Waals surface area contributed by atoms with Gasteiger partial charge in [0.15, 0.2) is 0 Å². The van der Waals surface area contributed by atoms with Crippen molar-refractivity contribution in [2.75, 3.05) is 18.6 Å². The molecule has 2 aromatic heterocycles. The molecule has 0 bridgehead atoms. The van der Waals surface area contributed by atoms with Crippen LogP contribution in [0.4, 0.5) is 5.69 Å². The topological polar surface area (TPSA) is 55.3 Å². The molecule has 3 heterocycles. The van der Waals surface area contributed by atoms with Crippen molar-refractivity contribution in [2.24, 2.45) is 0 Å². The van der Waals surface area contributed by atoms with Crippen LogP contribution in [-0.4, -0.2) is 29.5 Å². The lowest BCUT2D eigenvalue weighted by Crippen LogP contribution is -2.23. The molecule has 1 aliphatic heterocycles. The summed E-state index contributed by atoms with van der Waals surface area (Å²) in [7, 11) is 1.70. The third kappa shape index (κ3) is 3.46. The van der Waals surface area contributed by atoms with Gasteiger partial charge in [-0.05, 0) is 47.4 Å². The first-order valence-electron chi connectivity index (χ1n) is 9.05. The fourth-order valence-corrected chi connectivity index (χ4v) is 3.56. The molecule has 1 fully saturated rings. The van der Waals surface area contributed by atoms with Crippen LogP contribution in [-0.2, 0) is 16.1 Å². The van der Waals surface area contributed by atoms with Gasteiger partial charge in [0.2, 0.25) is 5.91 Å². The van der Waals surface area contributed by atoms with E-state index >= 15 is 0 Å². The quantitative estimate of drug-likeness (QED) is 0.689. The van der Waals surface area contributed by atoms with Crippen LogP contribution in [0, 0.1) is 0 Å². The van der Waals surface area contributed by atoms with Gasteiger partial charge >= 0.3 is 0 Å². The van der Waals surface area contributed by atoms with Crippen molar-refractivity contribution < 1.29 is 9.53 Å². The number of hydrogen-bond acceptors (Lipinski definition) is 4. The second-order valence-electron chi connectivity index (χ2n) is 6.58. The molecule has 5 nitrogen and oxygen atoms in total. The minimum atomic E-state index is 0.198. The number of nitrogens with zero attached hydrogens (tertiary/aromatic N) is 3. The van der Waals surface area contributed by atoms with Crippen LogP contribution in [0.5, 0.6) is 0 Å². The number of methoxy groups -OCH3 is 1. The Hall–Kier alpha value is -3.05. The number of anilines is 1. The number of ether oxygens (including phenoxy) is 1. The molecule has 0 radical (unpaired) electrons. The highest BCUT2D eigenvalue weighted by Crippen LogP contribution is 2.33. The van der Waals surface area contributed by atoms with E-state index < -0.39 is 0 Å². The molecule has 5 heteroatoms. The van der Waals surface area contributed by atoms with Crippen LogP contribution in [0.25, 0.3) is 22.3 Å². The Morgan fingerprint density at radius 1 is 0.963 bits per heavy atom. The number of aromatic nitrogens is 2. The number of hydrogen-bond donors (Lipinski definition) is 0. The molecule has 4 rings (SSSR count). The van der Waals surface area contributed by atoms with Gasteiger partial charge in [0, 0.05) is 61.7 Å². The van der Waals surface area contributed by atoms with Gasteiger partial charge in [-0.25, -0.2) is 0 Å². The van der Waals surface area contributed by atoms with E-state index in [0.29, 0.717) is 13.0 Å². The van der Waals surface area contributed by atoms with Crippen molar-refractivity contribution in [3.63, 3.8) is 0 Å². The fourth-order valence-electron chi connectivity index (χ4n) is 3.56. The molecule has 0 atom stereocenters. The highest BCUT2D eigenvalue weighted by molar-refractivity contribution is 5.95. The van der Waals surface area contributed by atoms with Gasteiger partial charge in [0.1, 0.15) is 0 Å². The number of rotatable bonds is 5. The van der Waals surface area contributed by atoms with E-state index in [0.717, 1.165) is 46.5 Å².